The zero-order valence-electron chi connectivity index (χ0n) is 16.8. The Hall–Kier alpha value is -3.15. The number of aromatic nitrogens is 1. The van der Waals surface area contributed by atoms with Crippen LogP contribution in [0.2, 0.25) is 0 Å². The zero-order chi connectivity index (χ0) is 20.8. The number of ether oxygens (including phenoxy) is 2. The van der Waals surface area contributed by atoms with Crippen molar-refractivity contribution in [2.24, 2.45) is 0 Å². The van der Waals surface area contributed by atoms with Gasteiger partial charge >= 0.3 is 5.97 Å². The number of hydrogen-bond donors (Lipinski definition) is 1. The van der Waals surface area contributed by atoms with Crippen molar-refractivity contribution in [1.29, 1.82) is 0 Å². The standard InChI is InChI=1S/C22H25NO5/c1-6-27-18-10-7-17(8-11-18)9-12-19(25)28-16(5)22(26)21-13(2)20(15(4)24)14(3)23-21/h7-12,16,23H,6H2,1-5H3/b12-9+/t16-/m1/s1. The molecule has 0 radical (unpaired) electrons. The summed E-state index contributed by atoms with van der Waals surface area (Å²) in [5.41, 5.74) is 2.79. The summed E-state index contributed by atoms with van der Waals surface area (Å²) in [5.74, 6) is -0.366. The van der Waals surface area contributed by atoms with Crippen LogP contribution in [0.15, 0.2) is 30.3 Å². The molecular formula is C22H25NO5. The second-order valence-corrected chi connectivity index (χ2v) is 6.46. The molecule has 1 aromatic heterocycles. The Bertz CT molecular complexity index is 906. The maximum atomic E-state index is 12.6. The molecule has 0 spiro atoms. The van der Waals surface area contributed by atoms with Crippen molar-refractivity contribution in [2.45, 2.75) is 40.7 Å². The molecule has 0 saturated carbocycles. The summed E-state index contributed by atoms with van der Waals surface area (Å²) in [5, 5.41) is 0. The minimum atomic E-state index is -0.978. The number of esters is 1. The van der Waals surface area contributed by atoms with Gasteiger partial charge in [-0.15, -0.1) is 0 Å². The third-order valence-corrected chi connectivity index (χ3v) is 4.30. The fourth-order valence-corrected chi connectivity index (χ4v) is 3.00. The molecule has 1 atom stereocenters. The van der Waals surface area contributed by atoms with Crippen LogP contribution < -0.4 is 4.74 Å². The Kier molecular flexibility index (Phi) is 6.93. The van der Waals surface area contributed by atoms with E-state index in [9.17, 15) is 14.4 Å². The van der Waals surface area contributed by atoms with E-state index in [1.54, 1.807) is 19.9 Å². The first kappa shape index (κ1) is 21.2. The predicted molar refractivity (Wildman–Crippen MR) is 107 cm³/mol. The number of hydrogen-bond acceptors (Lipinski definition) is 5. The van der Waals surface area contributed by atoms with Gasteiger partial charge in [0.1, 0.15) is 5.75 Å². The highest BCUT2D eigenvalue weighted by atomic mass is 16.5. The number of nitrogens with one attached hydrogen (secondary N) is 1. The van der Waals surface area contributed by atoms with Gasteiger partial charge in [0.25, 0.3) is 0 Å². The van der Waals surface area contributed by atoms with Crippen molar-refractivity contribution < 1.29 is 23.9 Å². The van der Waals surface area contributed by atoms with Crippen LogP contribution in [-0.4, -0.2) is 35.2 Å². The normalized spacial score (nSPS) is 12.0. The number of H-pyrrole nitrogens is 1. The maximum Gasteiger partial charge on any atom is 0.331 e. The van der Waals surface area contributed by atoms with E-state index in [0.717, 1.165) is 11.3 Å². The molecule has 0 bridgehead atoms. The number of aryl methyl sites for hydroxylation is 1. The molecule has 148 valence electrons. The molecular weight excluding hydrogens is 358 g/mol. The Morgan fingerprint density at radius 3 is 2.32 bits per heavy atom. The molecule has 1 aromatic carbocycles. The molecule has 0 aliphatic carbocycles. The third-order valence-electron chi connectivity index (χ3n) is 4.30. The molecule has 1 heterocycles. The lowest BCUT2D eigenvalue weighted by Crippen LogP contribution is -2.24. The third kappa shape index (κ3) is 4.97. The molecule has 6 heteroatoms. The largest absolute Gasteiger partial charge is 0.494 e. The summed E-state index contributed by atoms with van der Waals surface area (Å²) in [6.07, 6.45) is 1.90. The first-order chi connectivity index (χ1) is 13.2. The van der Waals surface area contributed by atoms with E-state index >= 15 is 0 Å². The predicted octanol–water partition coefficient (Wildman–Crippen LogP) is 4.06. The van der Waals surface area contributed by atoms with Gasteiger partial charge in [-0.2, -0.15) is 0 Å². The second kappa shape index (κ2) is 9.17. The first-order valence-corrected chi connectivity index (χ1v) is 9.10. The minimum Gasteiger partial charge on any atom is -0.494 e. The summed E-state index contributed by atoms with van der Waals surface area (Å²) in [6, 6.07) is 7.25. The van der Waals surface area contributed by atoms with Crippen molar-refractivity contribution >= 4 is 23.6 Å². The quantitative estimate of drug-likeness (QED) is 0.422. The number of carbonyl (C=O) groups is 3. The summed E-state index contributed by atoms with van der Waals surface area (Å²) in [7, 11) is 0. The Labute approximate surface area is 164 Å². The highest BCUT2D eigenvalue weighted by Gasteiger charge is 2.25. The van der Waals surface area contributed by atoms with Crippen molar-refractivity contribution in [3.63, 3.8) is 0 Å². The topological polar surface area (TPSA) is 85.5 Å². The number of aromatic amines is 1. The van der Waals surface area contributed by atoms with Crippen LogP contribution in [0, 0.1) is 13.8 Å². The summed E-state index contributed by atoms with van der Waals surface area (Å²) in [6.45, 7) is 8.88. The number of Topliss-reactive ketones (excluding diaryl/α,β-unsaturated/α-hetero) is 2. The molecule has 0 aliphatic rings. The summed E-state index contributed by atoms with van der Waals surface area (Å²) < 4.78 is 10.6. The Balaban J connectivity index is 2.02. The fourth-order valence-electron chi connectivity index (χ4n) is 3.00. The van der Waals surface area contributed by atoms with Crippen LogP contribution in [-0.2, 0) is 9.53 Å². The van der Waals surface area contributed by atoms with Crippen molar-refractivity contribution in [1.82, 2.24) is 4.98 Å². The fraction of sp³-hybridized carbons (Fsp3) is 0.318. The molecule has 0 amide bonds. The van der Waals surface area contributed by atoms with E-state index in [1.165, 1.54) is 19.9 Å². The molecule has 0 unspecified atom stereocenters. The van der Waals surface area contributed by atoms with Gasteiger partial charge in [0.05, 0.1) is 12.3 Å². The van der Waals surface area contributed by atoms with Gasteiger partial charge in [0, 0.05) is 17.3 Å². The van der Waals surface area contributed by atoms with Gasteiger partial charge in [-0.1, -0.05) is 12.1 Å². The maximum absolute atomic E-state index is 12.6. The van der Waals surface area contributed by atoms with Gasteiger partial charge in [0.15, 0.2) is 11.9 Å². The lowest BCUT2D eigenvalue weighted by atomic mass is 10.0. The van der Waals surface area contributed by atoms with Crippen LogP contribution in [0.3, 0.4) is 0 Å². The molecule has 0 fully saturated rings. The first-order valence-electron chi connectivity index (χ1n) is 9.10. The van der Waals surface area contributed by atoms with Crippen LogP contribution >= 0.6 is 0 Å². The molecule has 2 aromatic rings. The van der Waals surface area contributed by atoms with Crippen LogP contribution in [0.5, 0.6) is 5.75 Å². The Morgan fingerprint density at radius 2 is 1.79 bits per heavy atom. The SMILES string of the molecule is CCOc1ccc(/C=C/C(=O)O[C@H](C)C(=O)c2[nH]c(C)c(C(C)=O)c2C)cc1. The van der Waals surface area contributed by atoms with Crippen LogP contribution in [0.25, 0.3) is 6.08 Å². The average Bonchev–Trinajstić information content (AvgIpc) is 2.95. The lowest BCUT2D eigenvalue weighted by Gasteiger charge is -2.10. The molecule has 2 rings (SSSR count). The molecule has 6 nitrogen and oxygen atoms in total. The lowest BCUT2D eigenvalue weighted by molar-refractivity contribution is -0.140. The molecule has 1 N–H and O–H groups in total. The molecule has 0 saturated heterocycles. The van der Waals surface area contributed by atoms with Crippen molar-refractivity contribution in [3.05, 3.63) is 58.4 Å². The molecule has 28 heavy (non-hydrogen) atoms. The summed E-state index contributed by atoms with van der Waals surface area (Å²) in [4.78, 5) is 39.3. The number of benzene rings is 1. The monoisotopic (exact) mass is 383 g/mol. The van der Waals surface area contributed by atoms with Crippen LogP contribution in [0.4, 0.5) is 0 Å². The van der Waals surface area contributed by atoms with Crippen LogP contribution in [0.1, 0.15) is 58.4 Å². The van der Waals surface area contributed by atoms with E-state index in [-0.39, 0.29) is 11.6 Å². The van der Waals surface area contributed by atoms with Crippen molar-refractivity contribution in [2.75, 3.05) is 6.61 Å². The number of rotatable bonds is 8. The van der Waals surface area contributed by atoms with E-state index in [2.05, 4.69) is 4.98 Å². The van der Waals surface area contributed by atoms with Gasteiger partial charge in [-0.25, -0.2) is 4.79 Å². The highest BCUT2D eigenvalue weighted by molar-refractivity contribution is 6.05. The van der Waals surface area contributed by atoms with E-state index < -0.39 is 12.1 Å². The minimum absolute atomic E-state index is 0.117. The Morgan fingerprint density at radius 1 is 1.14 bits per heavy atom. The molecule has 0 aliphatic heterocycles. The number of ketones is 2. The van der Waals surface area contributed by atoms with Gasteiger partial charge in [-0.3, -0.25) is 9.59 Å². The van der Waals surface area contributed by atoms with Crippen molar-refractivity contribution in [3.8, 4) is 5.75 Å². The van der Waals surface area contributed by atoms with Gasteiger partial charge in [-0.05, 0) is 64.0 Å². The average molecular weight is 383 g/mol. The highest BCUT2D eigenvalue weighted by Crippen LogP contribution is 2.20. The van der Waals surface area contributed by atoms with E-state index in [0.29, 0.717) is 29.1 Å². The van der Waals surface area contributed by atoms with Gasteiger partial charge in [0.2, 0.25) is 5.78 Å². The second-order valence-electron chi connectivity index (χ2n) is 6.46. The summed E-state index contributed by atoms with van der Waals surface area (Å²) >= 11 is 0. The van der Waals surface area contributed by atoms with Gasteiger partial charge < -0.3 is 14.5 Å². The smallest absolute Gasteiger partial charge is 0.331 e. The van der Waals surface area contributed by atoms with E-state index in [4.69, 9.17) is 9.47 Å². The van der Waals surface area contributed by atoms with E-state index in [1.807, 2.05) is 31.2 Å². The zero-order valence-corrected chi connectivity index (χ0v) is 16.8. The number of carbonyl (C=O) groups excluding carboxylic acids is 3.